The number of ether oxygens (including phenoxy) is 3. The molecule has 2 rings (SSSR count). The van der Waals surface area contributed by atoms with Gasteiger partial charge in [0.2, 0.25) is 0 Å². The maximum atomic E-state index is 12.0. The van der Waals surface area contributed by atoms with Crippen LogP contribution in [0.5, 0.6) is 11.5 Å². The normalized spacial score (nSPS) is 10.5. The maximum Gasteiger partial charge on any atom is 0.264 e. The van der Waals surface area contributed by atoms with Gasteiger partial charge in [-0.05, 0) is 34.7 Å². The molecule has 0 fully saturated rings. The summed E-state index contributed by atoms with van der Waals surface area (Å²) in [5.74, 6) is 1.68. The summed E-state index contributed by atoms with van der Waals surface area (Å²) in [6, 6.07) is 5.31. The highest BCUT2D eigenvalue weighted by atomic mass is 127. The van der Waals surface area contributed by atoms with E-state index in [1.54, 1.807) is 39.5 Å². The Morgan fingerprint density at radius 3 is 2.62 bits per heavy atom. The molecule has 0 bridgehead atoms. The first-order valence-corrected chi connectivity index (χ1v) is 7.18. The van der Waals surface area contributed by atoms with Gasteiger partial charge in [-0.2, -0.15) is 0 Å². The molecule has 0 amide bonds. The largest absolute Gasteiger partial charge is 0.497 e. The van der Waals surface area contributed by atoms with E-state index in [-0.39, 0.29) is 12.2 Å². The van der Waals surface area contributed by atoms with Crippen molar-refractivity contribution >= 4 is 22.6 Å². The second-order valence-electron chi connectivity index (χ2n) is 4.17. The van der Waals surface area contributed by atoms with Crippen molar-refractivity contribution in [3.05, 3.63) is 37.8 Å². The lowest BCUT2D eigenvalue weighted by molar-refractivity contribution is 0.180. The van der Waals surface area contributed by atoms with Crippen LogP contribution in [-0.2, 0) is 11.3 Å². The molecule has 0 aliphatic carbocycles. The number of methoxy groups -OCH3 is 3. The van der Waals surface area contributed by atoms with Crippen molar-refractivity contribution in [2.75, 3.05) is 21.3 Å². The SMILES string of the molecule is COCc1nc(-c2ccc(OC)cc2OC)[nH]c(=O)c1I. The fourth-order valence-corrected chi connectivity index (χ4v) is 2.27. The molecule has 21 heavy (non-hydrogen) atoms. The van der Waals surface area contributed by atoms with E-state index in [0.717, 1.165) is 0 Å². The topological polar surface area (TPSA) is 73.4 Å². The van der Waals surface area contributed by atoms with Crippen LogP contribution in [0.25, 0.3) is 11.4 Å². The summed E-state index contributed by atoms with van der Waals surface area (Å²) in [4.78, 5) is 19.2. The number of benzene rings is 1. The third-order valence-corrected chi connectivity index (χ3v) is 3.99. The fraction of sp³-hybridized carbons (Fsp3) is 0.286. The Morgan fingerprint density at radius 2 is 2.00 bits per heavy atom. The molecule has 0 radical (unpaired) electrons. The number of nitrogens with one attached hydrogen (secondary N) is 1. The van der Waals surface area contributed by atoms with E-state index in [4.69, 9.17) is 14.2 Å². The van der Waals surface area contributed by atoms with Crippen LogP contribution in [0, 0.1) is 3.57 Å². The molecule has 0 saturated heterocycles. The number of aromatic amines is 1. The van der Waals surface area contributed by atoms with E-state index in [0.29, 0.717) is 32.2 Å². The van der Waals surface area contributed by atoms with Gasteiger partial charge in [-0.15, -0.1) is 0 Å². The number of hydrogen-bond acceptors (Lipinski definition) is 5. The van der Waals surface area contributed by atoms with Crippen molar-refractivity contribution in [1.29, 1.82) is 0 Å². The molecule has 2 aromatic rings. The molecule has 0 atom stereocenters. The zero-order chi connectivity index (χ0) is 15.4. The van der Waals surface area contributed by atoms with Gasteiger partial charge in [-0.25, -0.2) is 4.98 Å². The standard InChI is InChI=1S/C14H15IN2O4/c1-19-7-10-12(15)14(18)17-13(16-10)9-5-4-8(20-2)6-11(9)21-3/h4-6H,7H2,1-3H3,(H,16,17,18). The lowest BCUT2D eigenvalue weighted by Gasteiger charge is -2.11. The molecule has 1 aromatic carbocycles. The Hall–Kier alpha value is -1.61. The predicted molar refractivity (Wildman–Crippen MR) is 86.8 cm³/mol. The van der Waals surface area contributed by atoms with Gasteiger partial charge in [0, 0.05) is 13.2 Å². The van der Waals surface area contributed by atoms with E-state index in [9.17, 15) is 4.79 Å². The highest BCUT2D eigenvalue weighted by Gasteiger charge is 2.14. The summed E-state index contributed by atoms with van der Waals surface area (Å²) in [5, 5.41) is 0. The zero-order valence-corrected chi connectivity index (χ0v) is 14.1. The van der Waals surface area contributed by atoms with Crippen LogP contribution in [-0.4, -0.2) is 31.3 Å². The van der Waals surface area contributed by atoms with Crippen molar-refractivity contribution in [3.8, 4) is 22.9 Å². The molecular weight excluding hydrogens is 387 g/mol. The number of halogens is 1. The number of nitrogens with zero attached hydrogens (tertiary/aromatic N) is 1. The molecule has 1 heterocycles. The van der Waals surface area contributed by atoms with Crippen LogP contribution in [0.3, 0.4) is 0 Å². The second-order valence-corrected chi connectivity index (χ2v) is 5.25. The average Bonchev–Trinajstić information content (AvgIpc) is 2.51. The van der Waals surface area contributed by atoms with E-state index in [2.05, 4.69) is 9.97 Å². The Morgan fingerprint density at radius 1 is 1.24 bits per heavy atom. The molecule has 112 valence electrons. The van der Waals surface area contributed by atoms with Crippen molar-refractivity contribution in [2.24, 2.45) is 0 Å². The molecule has 0 unspecified atom stereocenters. The van der Waals surface area contributed by atoms with Gasteiger partial charge in [0.1, 0.15) is 20.9 Å². The van der Waals surface area contributed by atoms with E-state index in [1.165, 1.54) is 0 Å². The van der Waals surface area contributed by atoms with Crippen LogP contribution in [0.2, 0.25) is 0 Å². The van der Waals surface area contributed by atoms with Crippen molar-refractivity contribution in [2.45, 2.75) is 6.61 Å². The number of rotatable bonds is 5. The minimum Gasteiger partial charge on any atom is -0.497 e. The molecule has 7 heteroatoms. The van der Waals surface area contributed by atoms with Crippen molar-refractivity contribution in [1.82, 2.24) is 9.97 Å². The summed E-state index contributed by atoms with van der Waals surface area (Å²) in [6.45, 7) is 0.271. The first kappa shape index (κ1) is 15.8. The van der Waals surface area contributed by atoms with Gasteiger partial charge in [0.25, 0.3) is 5.56 Å². The summed E-state index contributed by atoms with van der Waals surface area (Å²) in [5.41, 5.74) is 1.07. The third-order valence-electron chi connectivity index (χ3n) is 2.88. The average molecular weight is 402 g/mol. The molecule has 0 aliphatic heterocycles. The van der Waals surface area contributed by atoms with Crippen LogP contribution in [0.15, 0.2) is 23.0 Å². The smallest absolute Gasteiger partial charge is 0.264 e. The third kappa shape index (κ3) is 3.35. The number of hydrogen-bond donors (Lipinski definition) is 1. The summed E-state index contributed by atoms with van der Waals surface area (Å²) in [6.07, 6.45) is 0. The molecular formula is C14H15IN2O4. The van der Waals surface area contributed by atoms with E-state index >= 15 is 0 Å². The van der Waals surface area contributed by atoms with Crippen LogP contribution in [0.1, 0.15) is 5.69 Å². The Balaban J connectivity index is 2.58. The van der Waals surface area contributed by atoms with Crippen LogP contribution >= 0.6 is 22.6 Å². The quantitative estimate of drug-likeness (QED) is 0.777. The molecule has 6 nitrogen and oxygen atoms in total. The lowest BCUT2D eigenvalue weighted by atomic mass is 10.1. The highest BCUT2D eigenvalue weighted by molar-refractivity contribution is 14.1. The molecule has 0 aliphatic rings. The van der Waals surface area contributed by atoms with E-state index in [1.807, 2.05) is 22.6 Å². The summed E-state index contributed by atoms with van der Waals surface area (Å²) in [7, 11) is 4.70. The Bertz CT molecular complexity index is 700. The first-order valence-electron chi connectivity index (χ1n) is 6.10. The Kier molecular flexibility index (Phi) is 5.18. The van der Waals surface area contributed by atoms with Gasteiger partial charge < -0.3 is 19.2 Å². The molecule has 1 N–H and O–H groups in total. The monoisotopic (exact) mass is 402 g/mol. The maximum absolute atomic E-state index is 12.0. The highest BCUT2D eigenvalue weighted by Crippen LogP contribution is 2.31. The van der Waals surface area contributed by atoms with Crippen molar-refractivity contribution < 1.29 is 14.2 Å². The predicted octanol–water partition coefficient (Wildman–Crippen LogP) is 2.21. The van der Waals surface area contributed by atoms with Crippen LogP contribution in [0.4, 0.5) is 0 Å². The van der Waals surface area contributed by atoms with Gasteiger partial charge in [-0.1, -0.05) is 0 Å². The van der Waals surface area contributed by atoms with Crippen molar-refractivity contribution in [3.63, 3.8) is 0 Å². The lowest BCUT2D eigenvalue weighted by Crippen LogP contribution is -2.17. The first-order chi connectivity index (χ1) is 10.1. The van der Waals surface area contributed by atoms with Gasteiger partial charge in [0.05, 0.1) is 32.1 Å². The minimum atomic E-state index is -0.203. The van der Waals surface area contributed by atoms with Crippen LogP contribution < -0.4 is 15.0 Å². The summed E-state index contributed by atoms with van der Waals surface area (Å²) >= 11 is 1.96. The van der Waals surface area contributed by atoms with Gasteiger partial charge >= 0.3 is 0 Å². The zero-order valence-electron chi connectivity index (χ0n) is 11.9. The summed E-state index contributed by atoms with van der Waals surface area (Å²) < 4.78 is 16.1. The fourth-order valence-electron chi connectivity index (χ4n) is 1.86. The second kappa shape index (κ2) is 6.90. The van der Waals surface area contributed by atoms with E-state index < -0.39 is 0 Å². The minimum absolute atomic E-state index is 0.203. The van der Waals surface area contributed by atoms with Gasteiger partial charge in [0.15, 0.2) is 0 Å². The number of aromatic nitrogens is 2. The molecule has 1 aromatic heterocycles. The van der Waals surface area contributed by atoms with Gasteiger partial charge in [-0.3, -0.25) is 4.79 Å². The molecule has 0 spiro atoms. The molecule has 0 saturated carbocycles. The number of H-pyrrole nitrogens is 1. The Labute approximate surface area is 135 Å².